The molecule has 0 saturated heterocycles. The lowest BCUT2D eigenvalue weighted by atomic mass is 10.1. The second kappa shape index (κ2) is 10.8. The Kier molecular flexibility index (Phi) is 7.84. The molecule has 2 aromatic carbocycles. The Hall–Kier alpha value is -3.38. The summed E-state index contributed by atoms with van der Waals surface area (Å²) in [5.41, 5.74) is 0.965. The van der Waals surface area contributed by atoms with Gasteiger partial charge in [-0.1, -0.05) is 41.9 Å². The number of hydrogen-bond acceptors (Lipinski definition) is 5. The van der Waals surface area contributed by atoms with E-state index in [2.05, 4.69) is 10.0 Å². The molecule has 0 radical (unpaired) electrons. The number of benzene rings is 2. The number of furan rings is 1. The fourth-order valence-electron chi connectivity index (χ4n) is 2.78. The van der Waals surface area contributed by atoms with E-state index in [9.17, 15) is 18.5 Å². The zero-order valence-corrected chi connectivity index (χ0v) is 18.5. The van der Waals surface area contributed by atoms with E-state index in [-0.39, 0.29) is 22.8 Å². The minimum absolute atomic E-state index is 0.0764. The van der Waals surface area contributed by atoms with Crippen LogP contribution in [0.15, 0.2) is 81.6 Å². The Labute approximate surface area is 191 Å². The van der Waals surface area contributed by atoms with Crippen LogP contribution in [0.1, 0.15) is 17.1 Å². The average molecular weight is 470 g/mol. The molecule has 0 fully saturated rings. The maximum Gasteiger partial charge on any atom is 0.262 e. The number of carbonyl (C=O) groups excluding carboxylic acids is 1. The zero-order chi connectivity index (χ0) is 23.0. The third-order valence-electron chi connectivity index (χ3n) is 4.44. The lowest BCUT2D eigenvalue weighted by Gasteiger charge is -2.05. The van der Waals surface area contributed by atoms with Crippen LogP contribution in [0.5, 0.6) is 0 Å². The number of nitrogens with zero attached hydrogens (tertiary/aromatic N) is 1. The predicted molar refractivity (Wildman–Crippen MR) is 121 cm³/mol. The first kappa shape index (κ1) is 23.3. The van der Waals surface area contributed by atoms with E-state index < -0.39 is 15.9 Å². The number of carbonyl (C=O) groups is 1. The fraction of sp³-hybridized carbons (Fsp3) is 0.130. The van der Waals surface area contributed by atoms with Crippen molar-refractivity contribution in [2.75, 3.05) is 6.54 Å². The largest absolute Gasteiger partial charge is 0.460 e. The van der Waals surface area contributed by atoms with Gasteiger partial charge in [-0.2, -0.15) is 5.26 Å². The summed E-state index contributed by atoms with van der Waals surface area (Å²) in [4.78, 5) is 12.3. The predicted octanol–water partition coefficient (Wildman–Crippen LogP) is 3.68. The first-order chi connectivity index (χ1) is 15.4. The van der Waals surface area contributed by atoms with Gasteiger partial charge in [-0.15, -0.1) is 0 Å². The first-order valence-electron chi connectivity index (χ1n) is 9.65. The second-order valence-electron chi connectivity index (χ2n) is 6.74. The van der Waals surface area contributed by atoms with Crippen molar-refractivity contribution in [1.29, 1.82) is 5.26 Å². The van der Waals surface area contributed by atoms with Gasteiger partial charge in [0.25, 0.3) is 5.91 Å². The molecule has 3 aromatic rings. The monoisotopic (exact) mass is 469 g/mol. The summed E-state index contributed by atoms with van der Waals surface area (Å²) in [5, 5.41) is 12.5. The Morgan fingerprint density at radius 3 is 2.47 bits per heavy atom. The number of amides is 1. The van der Waals surface area contributed by atoms with E-state index >= 15 is 0 Å². The SMILES string of the molecule is N#C/C(=C/c1ccc(CNS(=O)(=O)c2ccc(Cl)cc2)o1)C(=O)NCCc1ccccc1. The smallest absolute Gasteiger partial charge is 0.262 e. The lowest BCUT2D eigenvalue weighted by molar-refractivity contribution is -0.117. The van der Waals surface area contributed by atoms with Crippen molar-refractivity contribution in [3.8, 4) is 6.07 Å². The van der Waals surface area contributed by atoms with Crippen molar-refractivity contribution in [2.24, 2.45) is 0 Å². The van der Waals surface area contributed by atoms with Crippen molar-refractivity contribution in [2.45, 2.75) is 17.9 Å². The Balaban J connectivity index is 1.57. The molecule has 0 unspecified atom stereocenters. The molecule has 0 aliphatic carbocycles. The highest BCUT2D eigenvalue weighted by Crippen LogP contribution is 2.16. The molecule has 164 valence electrons. The highest BCUT2D eigenvalue weighted by atomic mass is 35.5. The van der Waals surface area contributed by atoms with Crippen LogP contribution in [0.25, 0.3) is 6.08 Å². The molecule has 1 amide bonds. The van der Waals surface area contributed by atoms with E-state index in [0.717, 1.165) is 5.56 Å². The van der Waals surface area contributed by atoms with Crippen LogP contribution < -0.4 is 10.0 Å². The van der Waals surface area contributed by atoms with Crippen molar-refractivity contribution in [3.63, 3.8) is 0 Å². The summed E-state index contributed by atoms with van der Waals surface area (Å²) in [6, 6.07) is 20.4. The van der Waals surface area contributed by atoms with Gasteiger partial charge >= 0.3 is 0 Å². The number of hydrogen-bond donors (Lipinski definition) is 2. The number of sulfonamides is 1. The van der Waals surface area contributed by atoms with Crippen LogP contribution >= 0.6 is 11.6 Å². The third-order valence-corrected chi connectivity index (χ3v) is 6.11. The van der Waals surface area contributed by atoms with Crippen LogP contribution in [0.2, 0.25) is 5.02 Å². The maximum atomic E-state index is 12.3. The molecule has 7 nitrogen and oxygen atoms in total. The van der Waals surface area contributed by atoms with Gasteiger partial charge in [0, 0.05) is 17.6 Å². The fourth-order valence-corrected chi connectivity index (χ4v) is 3.90. The van der Waals surface area contributed by atoms with Crippen molar-refractivity contribution in [3.05, 3.63) is 94.4 Å². The third kappa shape index (κ3) is 6.56. The van der Waals surface area contributed by atoms with Gasteiger partial charge in [0.1, 0.15) is 23.2 Å². The van der Waals surface area contributed by atoms with Crippen LogP contribution in [-0.4, -0.2) is 20.9 Å². The summed E-state index contributed by atoms with van der Waals surface area (Å²) in [7, 11) is -3.74. The zero-order valence-electron chi connectivity index (χ0n) is 16.9. The van der Waals surface area contributed by atoms with Gasteiger partial charge in [0.2, 0.25) is 10.0 Å². The van der Waals surface area contributed by atoms with Crippen LogP contribution in [-0.2, 0) is 27.8 Å². The summed E-state index contributed by atoms with van der Waals surface area (Å²) >= 11 is 5.78. The minimum atomic E-state index is -3.74. The molecule has 0 atom stereocenters. The molecule has 32 heavy (non-hydrogen) atoms. The molecular formula is C23H20ClN3O4S. The van der Waals surface area contributed by atoms with Crippen LogP contribution in [0.4, 0.5) is 0 Å². The summed E-state index contributed by atoms with van der Waals surface area (Å²) < 4.78 is 32.6. The van der Waals surface area contributed by atoms with Crippen molar-refractivity contribution < 1.29 is 17.6 Å². The van der Waals surface area contributed by atoms with Crippen molar-refractivity contribution >= 4 is 33.6 Å². The van der Waals surface area contributed by atoms with Gasteiger partial charge in [0.05, 0.1) is 11.4 Å². The van der Waals surface area contributed by atoms with E-state index in [1.165, 1.54) is 30.3 Å². The highest BCUT2D eigenvalue weighted by molar-refractivity contribution is 7.89. The van der Waals surface area contributed by atoms with E-state index in [1.54, 1.807) is 12.1 Å². The van der Waals surface area contributed by atoms with E-state index in [0.29, 0.717) is 23.7 Å². The molecule has 1 aromatic heterocycles. The first-order valence-corrected chi connectivity index (χ1v) is 11.5. The van der Waals surface area contributed by atoms with Gasteiger partial charge in [-0.05, 0) is 48.4 Å². The van der Waals surface area contributed by atoms with Crippen molar-refractivity contribution in [1.82, 2.24) is 10.0 Å². The van der Waals surface area contributed by atoms with E-state index in [4.69, 9.17) is 16.0 Å². The molecule has 0 aliphatic heterocycles. The molecule has 9 heteroatoms. The summed E-state index contributed by atoms with van der Waals surface area (Å²) in [6.07, 6.45) is 1.96. The molecule has 1 heterocycles. The van der Waals surface area contributed by atoms with Crippen LogP contribution in [0.3, 0.4) is 0 Å². The van der Waals surface area contributed by atoms with Gasteiger partial charge < -0.3 is 9.73 Å². The Bertz CT molecular complexity index is 1240. The number of nitriles is 1. The molecule has 2 N–H and O–H groups in total. The van der Waals surface area contributed by atoms with Gasteiger partial charge in [-0.3, -0.25) is 4.79 Å². The maximum absolute atomic E-state index is 12.3. The number of rotatable bonds is 9. The highest BCUT2D eigenvalue weighted by Gasteiger charge is 2.15. The van der Waals surface area contributed by atoms with E-state index in [1.807, 2.05) is 36.4 Å². The topological polar surface area (TPSA) is 112 Å². The molecule has 0 saturated carbocycles. The molecule has 0 bridgehead atoms. The Morgan fingerprint density at radius 2 is 1.78 bits per heavy atom. The lowest BCUT2D eigenvalue weighted by Crippen LogP contribution is -2.26. The molecule has 0 spiro atoms. The minimum Gasteiger partial charge on any atom is -0.460 e. The van der Waals surface area contributed by atoms with Gasteiger partial charge in [-0.25, -0.2) is 13.1 Å². The van der Waals surface area contributed by atoms with Gasteiger partial charge in [0.15, 0.2) is 0 Å². The molecular weight excluding hydrogens is 450 g/mol. The summed E-state index contributed by atoms with van der Waals surface area (Å²) in [5.74, 6) is 0.0841. The quantitative estimate of drug-likeness (QED) is 0.366. The summed E-state index contributed by atoms with van der Waals surface area (Å²) in [6.45, 7) is 0.293. The number of nitrogens with one attached hydrogen (secondary N) is 2. The molecule has 3 rings (SSSR count). The number of halogens is 1. The second-order valence-corrected chi connectivity index (χ2v) is 8.95. The molecule has 0 aliphatic rings. The Morgan fingerprint density at radius 1 is 1.06 bits per heavy atom. The standard InChI is InChI=1S/C23H20ClN3O4S/c24-19-6-10-22(11-7-19)32(29,30)27-16-21-9-8-20(31-21)14-18(15-25)23(28)26-13-12-17-4-2-1-3-5-17/h1-11,14,27H,12-13,16H2,(H,26,28)/b18-14-. The van der Waals surface area contributed by atoms with Crippen LogP contribution in [0, 0.1) is 11.3 Å². The normalized spacial score (nSPS) is 11.7. The average Bonchev–Trinajstić information content (AvgIpc) is 3.24.